The van der Waals surface area contributed by atoms with Crippen LogP contribution < -0.4 is 0 Å². The predicted molar refractivity (Wildman–Crippen MR) is 217 cm³/mol. The molecule has 0 aromatic rings. The summed E-state index contributed by atoms with van der Waals surface area (Å²) in [5, 5.41) is 20.6. The third-order valence-corrected chi connectivity index (χ3v) is 10.5. The molecule has 1 aliphatic carbocycles. The second-order valence-electron chi connectivity index (χ2n) is 15.1. The first-order valence-electron chi connectivity index (χ1n) is 21.4. The summed E-state index contributed by atoms with van der Waals surface area (Å²) in [6, 6.07) is 0. The zero-order chi connectivity index (χ0) is 40.6. The maximum atomic E-state index is 12.5. The summed E-state index contributed by atoms with van der Waals surface area (Å²) in [4.78, 5) is 55.5. The van der Waals surface area contributed by atoms with E-state index in [0.29, 0.717) is 32.1 Å². The molecule has 0 bridgehead atoms. The third-order valence-electron chi connectivity index (χ3n) is 10.00. The summed E-state index contributed by atoms with van der Waals surface area (Å²) in [7, 11) is -4.82. The number of aliphatic hydroxyl groups excluding tert-OH is 2. The molecule has 55 heavy (non-hydrogen) atoms. The number of phosphoric acid groups is 1. The summed E-state index contributed by atoms with van der Waals surface area (Å²) in [6.07, 6.45) is 32.3. The number of carbonyl (C=O) groups excluding carboxylic acids is 3. The quantitative estimate of drug-likeness (QED) is 0.0208. The molecule has 1 fully saturated rings. The van der Waals surface area contributed by atoms with Crippen molar-refractivity contribution in [1.82, 2.24) is 0 Å². The first-order valence-corrected chi connectivity index (χ1v) is 22.9. The van der Waals surface area contributed by atoms with Gasteiger partial charge in [-0.25, -0.2) is 4.57 Å². The molecule has 4 N–H and O–H groups in total. The highest BCUT2D eigenvalue weighted by molar-refractivity contribution is 7.46. The Morgan fingerprint density at radius 2 is 1.29 bits per heavy atom. The molecule has 5 atom stereocenters. The molecular weight excluding hydrogens is 723 g/mol. The molecule has 0 radical (unpaired) electrons. The Hall–Kier alpha value is -2.14. The Balaban J connectivity index is 2.28. The van der Waals surface area contributed by atoms with Crippen LogP contribution in [0, 0.1) is 11.8 Å². The van der Waals surface area contributed by atoms with Gasteiger partial charge in [0, 0.05) is 31.1 Å². The number of carbonyl (C=O) groups is 3. The van der Waals surface area contributed by atoms with E-state index in [-0.39, 0.29) is 43.5 Å². The van der Waals surface area contributed by atoms with Gasteiger partial charge in [-0.3, -0.25) is 18.9 Å². The van der Waals surface area contributed by atoms with E-state index in [1.807, 2.05) is 12.2 Å². The van der Waals surface area contributed by atoms with Crippen LogP contribution in [0.25, 0.3) is 0 Å². The number of aliphatic hydroxyl groups is 2. The van der Waals surface area contributed by atoms with Crippen molar-refractivity contribution in [3.05, 3.63) is 36.5 Å². The molecule has 0 aliphatic heterocycles. The lowest BCUT2D eigenvalue weighted by Crippen LogP contribution is -2.29. The molecule has 11 nitrogen and oxygen atoms in total. The molecule has 1 saturated carbocycles. The van der Waals surface area contributed by atoms with Gasteiger partial charge in [-0.1, -0.05) is 134 Å². The van der Waals surface area contributed by atoms with Gasteiger partial charge >= 0.3 is 19.8 Å². The van der Waals surface area contributed by atoms with E-state index < -0.39 is 44.7 Å². The molecular formula is C43H75O11P. The first-order chi connectivity index (χ1) is 26.5. The molecule has 1 rings (SSSR count). The molecule has 12 heteroatoms. The Kier molecular flexibility index (Phi) is 30.4. The minimum atomic E-state index is -4.82. The fraction of sp³-hybridized carbons (Fsp3) is 0.791. The fourth-order valence-corrected chi connectivity index (χ4v) is 7.06. The van der Waals surface area contributed by atoms with Gasteiger partial charge in [-0.15, -0.1) is 0 Å². The van der Waals surface area contributed by atoms with Gasteiger partial charge in [0.2, 0.25) is 0 Å². The number of allylic oxidation sites excluding steroid dienone is 4. The van der Waals surface area contributed by atoms with E-state index in [1.54, 1.807) is 12.2 Å². The normalized spacial score (nSPS) is 18.9. The Morgan fingerprint density at radius 1 is 0.745 bits per heavy atom. The van der Waals surface area contributed by atoms with Crippen molar-refractivity contribution in [2.45, 2.75) is 193 Å². The van der Waals surface area contributed by atoms with Crippen LogP contribution in [0.3, 0.4) is 0 Å². The van der Waals surface area contributed by atoms with Gasteiger partial charge in [-0.2, -0.15) is 0 Å². The molecule has 318 valence electrons. The summed E-state index contributed by atoms with van der Waals surface area (Å²) in [5.41, 5.74) is 0. The predicted octanol–water partition coefficient (Wildman–Crippen LogP) is 9.55. The minimum Gasteiger partial charge on any atom is -0.462 e. The van der Waals surface area contributed by atoms with Gasteiger partial charge in [0.05, 0.1) is 18.8 Å². The molecule has 0 spiro atoms. The lowest BCUT2D eigenvalue weighted by molar-refractivity contribution is -0.161. The lowest BCUT2D eigenvalue weighted by Gasteiger charge is -2.18. The maximum absolute atomic E-state index is 12.5. The van der Waals surface area contributed by atoms with Crippen LogP contribution in [-0.4, -0.2) is 69.2 Å². The van der Waals surface area contributed by atoms with E-state index in [9.17, 15) is 29.2 Å². The van der Waals surface area contributed by atoms with E-state index in [0.717, 1.165) is 51.4 Å². The SMILES string of the molecule is CCCCCCCC/C=C\CCCCCCCCCC(=O)O[C@H](COC(=O)CCC/C=C\C[C@H]1C(=O)C[C@@H](O)[C@@H]1/C=C/[C@@H](O)CCCCC)COP(=O)(O)O. The van der Waals surface area contributed by atoms with Gasteiger partial charge in [0.15, 0.2) is 6.10 Å². The van der Waals surface area contributed by atoms with Crippen molar-refractivity contribution >= 4 is 25.5 Å². The van der Waals surface area contributed by atoms with E-state index in [1.165, 1.54) is 57.8 Å². The van der Waals surface area contributed by atoms with Crippen LogP contribution in [0.1, 0.15) is 174 Å². The molecule has 0 aromatic carbocycles. The molecule has 0 aromatic heterocycles. The second-order valence-corrected chi connectivity index (χ2v) is 16.3. The monoisotopic (exact) mass is 799 g/mol. The topological polar surface area (TPSA) is 177 Å². The van der Waals surface area contributed by atoms with Crippen LogP contribution in [0.2, 0.25) is 0 Å². The Bertz CT molecular complexity index is 1150. The van der Waals surface area contributed by atoms with E-state index >= 15 is 0 Å². The van der Waals surface area contributed by atoms with Crippen LogP contribution in [0.5, 0.6) is 0 Å². The molecule has 0 amide bonds. The van der Waals surface area contributed by atoms with E-state index in [2.05, 4.69) is 30.5 Å². The number of ether oxygens (including phenoxy) is 2. The van der Waals surface area contributed by atoms with Crippen LogP contribution in [0.15, 0.2) is 36.5 Å². The van der Waals surface area contributed by atoms with Gasteiger partial charge in [0.25, 0.3) is 0 Å². The smallest absolute Gasteiger partial charge is 0.462 e. The highest BCUT2D eigenvalue weighted by Gasteiger charge is 2.39. The number of hydrogen-bond donors (Lipinski definition) is 4. The third kappa shape index (κ3) is 28.8. The first kappa shape index (κ1) is 50.9. The minimum absolute atomic E-state index is 0.00717. The van der Waals surface area contributed by atoms with E-state index in [4.69, 9.17) is 19.3 Å². The zero-order valence-electron chi connectivity index (χ0n) is 34.0. The number of Topliss-reactive ketones (excluding diaryl/α,β-unsaturated/α-hetero) is 1. The molecule has 1 aliphatic rings. The highest BCUT2D eigenvalue weighted by atomic mass is 31.2. The van der Waals surface area contributed by atoms with Crippen molar-refractivity contribution < 1.29 is 52.9 Å². The van der Waals surface area contributed by atoms with Gasteiger partial charge in [0.1, 0.15) is 12.4 Å². The van der Waals surface area contributed by atoms with Gasteiger partial charge < -0.3 is 29.5 Å². The van der Waals surface area contributed by atoms with Crippen molar-refractivity contribution in [2.75, 3.05) is 13.2 Å². The summed E-state index contributed by atoms with van der Waals surface area (Å²) >= 11 is 0. The molecule has 0 saturated heterocycles. The standard InChI is InChI=1S/C43H75O11P/c1-3-5-7-8-9-10-11-12-13-14-15-16-17-18-19-20-26-30-43(48)54-37(35-53-55(49,50)51)34-52-42(47)29-25-22-21-24-28-38-39(41(46)33-40(38)45)32-31-36(44)27-23-6-4-2/h12-13,21,24,31-32,36-39,41,44,46H,3-11,14-20,22-23,25-30,33-35H2,1-2H3,(H2,49,50,51)/b13-12-,24-21-,32-31+/t36-,37+,38+,39+,41+/m0/s1. The zero-order valence-corrected chi connectivity index (χ0v) is 34.9. The number of esters is 2. The van der Waals surface area contributed by atoms with Gasteiger partial charge in [-0.05, 0) is 57.8 Å². The lowest BCUT2D eigenvalue weighted by atomic mass is 9.90. The Labute approximate surface area is 332 Å². The Morgan fingerprint density at radius 3 is 1.93 bits per heavy atom. The largest absolute Gasteiger partial charge is 0.469 e. The van der Waals surface area contributed by atoms with Crippen LogP contribution >= 0.6 is 7.82 Å². The van der Waals surface area contributed by atoms with Crippen molar-refractivity contribution in [1.29, 1.82) is 0 Å². The number of hydrogen-bond acceptors (Lipinski definition) is 9. The number of rotatable bonds is 35. The van der Waals surface area contributed by atoms with Crippen molar-refractivity contribution in [3.63, 3.8) is 0 Å². The van der Waals surface area contributed by atoms with Crippen LogP contribution in [-0.2, 0) is 32.9 Å². The molecule has 0 heterocycles. The average molecular weight is 799 g/mol. The van der Waals surface area contributed by atoms with Crippen molar-refractivity contribution in [3.8, 4) is 0 Å². The average Bonchev–Trinajstić information content (AvgIpc) is 3.41. The second kappa shape index (κ2) is 32.9. The summed E-state index contributed by atoms with van der Waals surface area (Å²) in [5.74, 6) is -1.81. The summed E-state index contributed by atoms with van der Waals surface area (Å²) in [6.45, 7) is 3.35. The molecule has 0 unspecified atom stereocenters. The highest BCUT2D eigenvalue weighted by Crippen LogP contribution is 2.36. The maximum Gasteiger partial charge on any atom is 0.469 e. The number of unbranched alkanes of at least 4 members (excludes halogenated alkanes) is 16. The van der Waals surface area contributed by atoms with Crippen LogP contribution in [0.4, 0.5) is 0 Å². The number of ketones is 1. The number of phosphoric ester groups is 1. The fourth-order valence-electron chi connectivity index (χ4n) is 6.70. The summed E-state index contributed by atoms with van der Waals surface area (Å²) < 4.78 is 26.3. The van der Waals surface area contributed by atoms with Crippen molar-refractivity contribution in [2.24, 2.45) is 11.8 Å².